The van der Waals surface area contributed by atoms with Gasteiger partial charge in [0, 0.05) is 38.3 Å². The lowest BCUT2D eigenvalue weighted by atomic mass is 9.96. The van der Waals surface area contributed by atoms with Crippen LogP contribution in [0.25, 0.3) is 11.3 Å². The number of nitrogens with zero attached hydrogens (tertiary/aromatic N) is 2. The van der Waals surface area contributed by atoms with Gasteiger partial charge in [-0.1, -0.05) is 89.4 Å². The number of rotatable bonds is 7. The molecule has 0 aliphatic carbocycles. The zero-order valence-electron chi connectivity index (χ0n) is 20.6. The summed E-state index contributed by atoms with van der Waals surface area (Å²) in [5.74, 6) is 0.592. The molecule has 1 N–H and O–H groups in total. The van der Waals surface area contributed by atoms with Gasteiger partial charge in [-0.2, -0.15) is 5.10 Å². The van der Waals surface area contributed by atoms with E-state index in [-0.39, 0.29) is 11.9 Å². The Morgan fingerprint density at radius 3 is 2.18 bits per heavy atom. The fourth-order valence-corrected chi connectivity index (χ4v) is 5.29. The first kappa shape index (κ1) is 25.5. The molecule has 0 saturated heterocycles. The molecule has 0 radical (unpaired) electrons. The Morgan fingerprint density at radius 2 is 1.49 bits per heavy atom. The SMILES string of the molecule is O=C1c2[nH]nc(-c3ccc(Cl)cc3)c2C(c2ccc(OCc3ccccc3Cl)cc2)N1Cc1ccc(Cl)cc1. The average Bonchev–Trinajstić information content (AvgIpc) is 3.49. The molecule has 6 rings (SSSR count). The van der Waals surface area contributed by atoms with Crippen LogP contribution in [0.3, 0.4) is 0 Å². The Morgan fingerprint density at radius 1 is 0.821 bits per heavy atom. The van der Waals surface area contributed by atoms with Crippen molar-refractivity contribution in [3.8, 4) is 17.0 Å². The van der Waals surface area contributed by atoms with Crippen molar-refractivity contribution < 1.29 is 9.53 Å². The van der Waals surface area contributed by atoms with Crippen molar-refractivity contribution in [3.63, 3.8) is 0 Å². The van der Waals surface area contributed by atoms with E-state index in [4.69, 9.17) is 39.5 Å². The fourth-order valence-electron chi connectivity index (χ4n) is 4.84. The molecule has 194 valence electrons. The number of hydrogen-bond acceptors (Lipinski definition) is 3. The van der Waals surface area contributed by atoms with Crippen LogP contribution in [0, 0.1) is 0 Å². The Hall–Kier alpha value is -3.77. The van der Waals surface area contributed by atoms with E-state index in [9.17, 15) is 4.79 Å². The minimum Gasteiger partial charge on any atom is -0.489 e. The van der Waals surface area contributed by atoms with Crippen LogP contribution in [0.2, 0.25) is 15.1 Å². The van der Waals surface area contributed by atoms with Crippen LogP contribution in [0.5, 0.6) is 5.75 Å². The highest BCUT2D eigenvalue weighted by Gasteiger charge is 2.42. The van der Waals surface area contributed by atoms with Crippen molar-refractivity contribution in [1.29, 1.82) is 0 Å². The number of aromatic amines is 1. The molecule has 1 aliphatic heterocycles. The fraction of sp³-hybridized carbons (Fsp3) is 0.0968. The third-order valence-electron chi connectivity index (χ3n) is 6.80. The summed E-state index contributed by atoms with van der Waals surface area (Å²) in [6.45, 7) is 0.768. The molecule has 0 saturated carbocycles. The van der Waals surface area contributed by atoms with Gasteiger partial charge in [-0.3, -0.25) is 9.89 Å². The van der Waals surface area contributed by atoms with Gasteiger partial charge in [-0.15, -0.1) is 0 Å². The molecule has 0 spiro atoms. The number of ether oxygens (including phenoxy) is 1. The summed E-state index contributed by atoms with van der Waals surface area (Å²) >= 11 is 18.5. The van der Waals surface area contributed by atoms with Gasteiger partial charge in [0.15, 0.2) is 0 Å². The molecule has 2 heterocycles. The largest absolute Gasteiger partial charge is 0.489 e. The molecule has 1 aromatic heterocycles. The van der Waals surface area contributed by atoms with E-state index in [0.717, 1.165) is 33.5 Å². The summed E-state index contributed by atoms with van der Waals surface area (Å²) in [4.78, 5) is 15.5. The van der Waals surface area contributed by atoms with Crippen LogP contribution < -0.4 is 4.74 Å². The van der Waals surface area contributed by atoms with Gasteiger partial charge in [0.05, 0.1) is 11.7 Å². The van der Waals surface area contributed by atoms with E-state index < -0.39 is 0 Å². The lowest BCUT2D eigenvalue weighted by Gasteiger charge is -2.27. The van der Waals surface area contributed by atoms with E-state index in [1.165, 1.54) is 0 Å². The van der Waals surface area contributed by atoms with Crippen LogP contribution in [0.1, 0.15) is 38.8 Å². The normalized spacial score (nSPS) is 14.5. The third-order valence-corrected chi connectivity index (χ3v) is 7.67. The van der Waals surface area contributed by atoms with Gasteiger partial charge in [0.1, 0.15) is 18.1 Å². The second kappa shape index (κ2) is 10.8. The number of halogens is 3. The number of fused-ring (bicyclic) bond motifs is 1. The molecule has 1 unspecified atom stereocenters. The Balaban J connectivity index is 1.35. The number of hydrogen-bond donors (Lipinski definition) is 1. The predicted molar refractivity (Wildman–Crippen MR) is 154 cm³/mol. The lowest BCUT2D eigenvalue weighted by molar-refractivity contribution is 0.0730. The molecule has 4 aromatic carbocycles. The maximum absolute atomic E-state index is 13.7. The minimum absolute atomic E-state index is 0.114. The van der Waals surface area contributed by atoms with Crippen LogP contribution >= 0.6 is 34.8 Å². The standard InChI is InChI=1S/C31H22Cl3N3O2/c32-23-11-5-19(6-12-23)17-37-30(21-9-15-25(16-10-21)39-18-22-3-1-2-4-26(22)34)27-28(35-36-29(27)31(37)38)20-7-13-24(33)14-8-20/h1-16,30H,17-18H2,(H,35,36). The first-order valence-electron chi connectivity index (χ1n) is 12.3. The third kappa shape index (κ3) is 5.13. The number of carbonyl (C=O) groups is 1. The predicted octanol–water partition coefficient (Wildman–Crippen LogP) is 8.36. The number of carbonyl (C=O) groups excluding carboxylic acids is 1. The van der Waals surface area contributed by atoms with Gasteiger partial charge in [-0.25, -0.2) is 0 Å². The molecule has 1 aliphatic rings. The topological polar surface area (TPSA) is 58.2 Å². The van der Waals surface area contributed by atoms with Gasteiger partial charge in [-0.05, 0) is 53.6 Å². The molecule has 39 heavy (non-hydrogen) atoms. The van der Waals surface area contributed by atoms with Crippen molar-refractivity contribution in [3.05, 3.63) is 140 Å². The highest BCUT2D eigenvalue weighted by molar-refractivity contribution is 6.31. The van der Waals surface area contributed by atoms with E-state index >= 15 is 0 Å². The summed E-state index contributed by atoms with van der Waals surface area (Å²) < 4.78 is 6.00. The van der Waals surface area contributed by atoms with Gasteiger partial charge < -0.3 is 9.64 Å². The highest BCUT2D eigenvalue weighted by Crippen LogP contribution is 2.44. The van der Waals surface area contributed by atoms with Gasteiger partial charge in [0.25, 0.3) is 5.91 Å². The Labute approximate surface area is 240 Å². The zero-order chi connectivity index (χ0) is 26.9. The number of aromatic nitrogens is 2. The maximum Gasteiger partial charge on any atom is 0.273 e. The van der Waals surface area contributed by atoms with E-state index in [0.29, 0.717) is 39.7 Å². The van der Waals surface area contributed by atoms with Crippen molar-refractivity contribution >= 4 is 40.7 Å². The summed E-state index contributed by atoms with van der Waals surface area (Å²) in [5, 5.41) is 9.48. The van der Waals surface area contributed by atoms with Gasteiger partial charge in [0.2, 0.25) is 0 Å². The van der Waals surface area contributed by atoms with Crippen LogP contribution in [0.4, 0.5) is 0 Å². The quantitative estimate of drug-likeness (QED) is 0.212. The summed E-state index contributed by atoms with van der Waals surface area (Å²) in [6, 6.07) is 30.0. The lowest BCUT2D eigenvalue weighted by Crippen LogP contribution is -2.29. The molecule has 0 fully saturated rings. The van der Waals surface area contributed by atoms with Crippen molar-refractivity contribution in [2.75, 3.05) is 0 Å². The van der Waals surface area contributed by atoms with E-state index in [2.05, 4.69) is 10.2 Å². The van der Waals surface area contributed by atoms with E-state index in [1.807, 2.05) is 102 Å². The Kier molecular flexibility index (Phi) is 7.05. The van der Waals surface area contributed by atoms with Crippen LogP contribution in [-0.4, -0.2) is 21.0 Å². The minimum atomic E-state index is -0.356. The number of benzene rings is 4. The molecular formula is C31H22Cl3N3O2. The number of H-pyrrole nitrogens is 1. The molecule has 8 heteroatoms. The summed E-state index contributed by atoms with van der Waals surface area (Å²) in [6.07, 6.45) is 0. The molecule has 0 bridgehead atoms. The van der Waals surface area contributed by atoms with E-state index in [1.54, 1.807) is 0 Å². The van der Waals surface area contributed by atoms with Crippen molar-refractivity contribution in [2.45, 2.75) is 19.2 Å². The highest BCUT2D eigenvalue weighted by atomic mass is 35.5. The smallest absolute Gasteiger partial charge is 0.273 e. The number of nitrogens with one attached hydrogen (secondary N) is 1. The van der Waals surface area contributed by atoms with Crippen LogP contribution in [-0.2, 0) is 13.2 Å². The maximum atomic E-state index is 13.7. The molecule has 1 amide bonds. The average molecular weight is 575 g/mol. The molecule has 1 atom stereocenters. The zero-order valence-corrected chi connectivity index (χ0v) is 22.8. The second-order valence-electron chi connectivity index (χ2n) is 9.28. The molecule has 5 nitrogen and oxygen atoms in total. The van der Waals surface area contributed by atoms with Crippen LogP contribution in [0.15, 0.2) is 97.1 Å². The summed E-state index contributed by atoms with van der Waals surface area (Å²) in [7, 11) is 0. The van der Waals surface area contributed by atoms with Crippen molar-refractivity contribution in [2.24, 2.45) is 0 Å². The Bertz CT molecular complexity index is 1630. The summed E-state index contributed by atoms with van der Waals surface area (Å²) in [5.41, 5.74) is 5.75. The first-order chi connectivity index (χ1) is 19.0. The molecule has 5 aromatic rings. The molecular weight excluding hydrogens is 553 g/mol. The number of amides is 1. The van der Waals surface area contributed by atoms with Gasteiger partial charge >= 0.3 is 0 Å². The monoisotopic (exact) mass is 573 g/mol. The van der Waals surface area contributed by atoms with Crippen molar-refractivity contribution in [1.82, 2.24) is 15.1 Å². The first-order valence-corrected chi connectivity index (χ1v) is 13.5. The second-order valence-corrected chi connectivity index (χ2v) is 10.6.